The molecule has 1 aromatic carbocycles. The van der Waals surface area contributed by atoms with Gasteiger partial charge >= 0.3 is 0 Å². The van der Waals surface area contributed by atoms with E-state index in [9.17, 15) is 13.9 Å². The van der Waals surface area contributed by atoms with Crippen LogP contribution in [0.2, 0.25) is 0 Å². The van der Waals surface area contributed by atoms with Gasteiger partial charge in [-0.2, -0.15) is 0 Å². The lowest BCUT2D eigenvalue weighted by Crippen LogP contribution is -2.44. The molecule has 0 saturated heterocycles. The topological polar surface area (TPSA) is 52.5 Å². The lowest BCUT2D eigenvalue weighted by atomic mass is 9.94. The van der Waals surface area contributed by atoms with Gasteiger partial charge in [-0.3, -0.25) is 0 Å². The summed E-state index contributed by atoms with van der Waals surface area (Å²) in [4.78, 5) is 0. The first kappa shape index (κ1) is 17.0. The summed E-state index contributed by atoms with van der Waals surface area (Å²) in [6.45, 7) is 6.19. The fourth-order valence-electron chi connectivity index (χ4n) is 1.78. The van der Waals surface area contributed by atoms with Crippen molar-refractivity contribution in [3.63, 3.8) is 0 Å². The molecular formula is C15H23F2NO2. The van der Waals surface area contributed by atoms with Gasteiger partial charge in [-0.1, -0.05) is 13.8 Å². The van der Waals surface area contributed by atoms with Crippen molar-refractivity contribution >= 4 is 0 Å². The maximum Gasteiger partial charge on any atom is 0.126 e. The van der Waals surface area contributed by atoms with Crippen LogP contribution < -0.4 is 5.32 Å². The molecule has 20 heavy (non-hydrogen) atoms. The van der Waals surface area contributed by atoms with Gasteiger partial charge in [-0.25, -0.2) is 8.78 Å². The fraction of sp³-hybridized carbons (Fsp3) is 0.600. The molecule has 1 rings (SSSR count). The van der Waals surface area contributed by atoms with E-state index in [-0.39, 0.29) is 24.5 Å². The zero-order chi connectivity index (χ0) is 15.3. The van der Waals surface area contributed by atoms with E-state index < -0.39 is 17.7 Å². The predicted octanol–water partition coefficient (Wildman–Crippen LogP) is 1.86. The Morgan fingerprint density at radius 3 is 2.25 bits per heavy atom. The fourth-order valence-corrected chi connectivity index (χ4v) is 1.78. The second-order valence-electron chi connectivity index (χ2n) is 6.04. The van der Waals surface area contributed by atoms with E-state index in [1.165, 1.54) is 12.1 Å². The number of halogens is 2. The van der Waals surface area contributed by atoms with Crippen molar-refractivity contribution in [1.82, 2.24) is 5.32 Å². The van der Waals surface area contributed by atoms with Crippen LogP contribution in [0.25, 0.3) is 0 Å². The molecule has 3 N–H and O–H groups in total. The van der Waals surface area contributed by atoms with Crippen LogP contribution in [0.3, 0.4) is 0 Å². The summed E-state index contributed by atoms with van der Waals surface area (Å²) in [5, 5.41) is 22.3. The molecule has 0 bridgehead atoms. The lowest BCUT2D eigenvalue weighted by Gasteiger charge is -2.27. The number of hydrogen-bond acceptors (Lipinski definition) is 3. The Morgan fingerprint density at radius 1 is 1.20 bits per heavy atom. The number of aliphatic hydroxyl groups excluding tert-OH is 2. The van der Waals surface area contributed by atoms with Crippen LogP contribution in [0.1, 0.15) is 26.3 Å². The summed E-state index contributed by atoms with van der Waals surface area (Å²) in [6.07, 6.45) is -0.590. The van der Waals surface area contributed by atoms with Crippen molar-refractivity contribution in [2.24, 2.45) is 5.41 Å². The Balaban J connectivity index is 2.55. The zero-order valence-corrected chi connectivity index (χ0v) is 12.2. The average Bonchev–Trinajstić information content (AvgIpc) is 2.34. The molecule has 2 atom stereocenters. The highest BCUT2D eigenvalue weighted by Crippen LogP contribution is 2.14. The lowest BCUT2D eigenvalue weighted by molar-refractivity contribution is 0.111. The van der Waals surface area contributed by atoms with Crippen LogP contribution in [0.4, 0.5) is 8.78 Å². The second-order valence-corrected chi connectivity index (χ2v) is 6.04. The highest BCUT2D eigenvalue weighted by Gasteiger charge is 2.20. The van der Waals surface area contributed by atoms with Crippen LogP contribution >= 0.6 is 0 Å². The number of benzene rings is 1. The number of hydrogen-bond donors (Lipinski definition) is 3. The predicted molar refractivity (Wildman–Crippen MR) is 74.4 cm³/mol. The van der Waals surface area contributed by atoms with E-state index in [2.05, 4.69) is 5.32 Å². The molecule has 0 aromatic heterocycles. The molecule has 0 spiro atoms. The molecular weight excluding hydrogens is 264 g/mol. The van der Waals surface area contributed by atoms with Gasteiger partial charge in [0.2, 0.25) is 0 Å². The first-order valence-electron chi connectivity index (χ1n) is 6.71. The minimum atomic E-state index is -0.759. The molecule has 0 saturated carbocycles. The Hall–Kier alpha value is -1.04. The molecule has 114 valence electrons. The molecule has 0 heterocycles. The summed E-state index contributed by atoms with van der Waals surface area (Å²) < 4.78 is 26.1. The zero-order valence-electron chi connectivity index (χ0n) is 12.2. The van der Waals surface area contributed by atoms with Crippen LogP contribution in [-0.2, 0) is 6.42 Å². The number of nitrogens with one attached hydrogen (secondary N) is 1. The van der Waals surface area contributed by atoms with E-state index >= 15 is 0 Å². The van der Waals surface area contributed by atoms with Gasteiger partial charge in [0.1, 0.15) is 11.6 Å². The summed E-state index contributed by atoms with van der Waals surface area (Å²) in [6, 6.07) is 3.00. The molecule has 3 nitrogen and oxygen atoms in total. The maximum absolute atomic E-state index is 13.1. The minimum Gasteiger partial charge on any atom is -0.396 e. The molecule has 0 aliphatic carbocycles. The molecule has 1 aromatic rings. The number of aliphatic hydroxyl groups is 2. The summed E-state index contributed by atoms with van der Waals surface area (Å²) >= 11 is 0. The van der Waals surface area contributed by atoms with Gasteiger partial charge in [0.15, 0.2) is 0 Å². The largest absolute Gasteiger partial charge is 0.396 e. The van der Waals surface area contributed by atoms with Gasteiger partial charge in [0, 0.05) is 37.1 Å². The van der Waals surface area contributed by atoms with Crippen LogP contribution in [0, 0.1) is 17.0 Å². The summed E-state index contributed by atoms with van der Waals surface area (Å²) in [5.41, 5.74) is 0.143. The molecule has 0 aliphatic rings. The first-order valence-corrected chi connectivity index (χ1v) is 6.71. The van der Waals surface area contributed by atoms with Crippen LogP contribution in [-0.4, -0.2) is 35.5 Å². The third-order valence-electron chi connectivity index (χ3n) is 3.27. The number of rotatable bonds is 7. The maximum atomic E-state index is 13.1. The van der Waals surface area contributed by atoms with Crippen LogP contribution in [0.15, 0.2) is 18.2 Å². The third-order valence-corrected chi connectivity index (χ3v) is 3.27. The van der Waals surface area contributed by atoms with Gasteiger partial charge < -0.3 is 15.5 Å². The Morgan fingerprint density at radius 2 is 1.75 bits per heavy atom. The monoisotopic (exact) mass is 287 g/mol. The highest BCUT2D eigenvalue weighted by molar-refractivity contribution is 5.18. The third kappa shape index (κ3) is 5.53. The Kier molecular flexibility index (Phi) is 6.05. The second kappa shape index (κ2) is 7.11. The van der Waals surface area contributed by atoms with Gasteiger partial charge in [-0.15, -0.1) is 0 Å². The van der Waals surface area contributed by atoms with E-state index in [0.717, 1.165) is 6.07 Å². The van der Waals surface area contributed by atoms with Crippen molar-refractivity contribution in [3.8, 4) is 0 Å². The van der Waals surface area contributed by atoms with Crippen molar-refractivity contribution in [1.29, 1.82) is 0 Å². The molecule has 0 fully saturated rings. The average molecular weight is 287 g/mol. The van der Waals surface area contributed by atoms with Crippen LogP contribution in [0.5, 0.6) is 0 Å². The Bertz CT molecular complexity index is 418. The first-order chi connectivity index (χ1) is 9.23. The molecule has 5 heteroatoms. The molecule has 0 amide bonds. The van der Waals surface area contributed by atoms with Crippen molar-refractivity contribution in [3.05, 3.63) is 35.4 Å². The van der Waals surface area contributed by atoms with E-state index in [4.69, 9.17) is 5.11 Å². The van der Waals surface area contributed by atoms with Gasteiger partial charge in [0.05, 0.1) is 6.10 Å². The minimum absolute atomic E-state index is 0.0396. The molecule has 0 radical (unpaired) electrons. The van der Waals surface area contributed by atoms with E-state index in [0.29, 0.717) is 12.1 Å². The highest BCUT2D eigenvalue weighted by atomic mass is 19.1. The Labute approximate surface area is 118 Å². The van der Waals surface area contributed by atoms with Crippen molar-refractivity contribution < 1.29 is 19.0 Å². The summed E-state index contributed by atoms with van der Waals surface area (Å²) in [7, 11) is 0. The SMILES string of the molecule is CC(NCC(C)(C)CO)C(O)Cc1cc(F)cc(F)c1. The van der Waals surface area contributed by atoms with Gasteiger partial charge in [0.25, 0.3) is 0 Å². The van der Waals surface area contributed by atoms with Crippen molar-refractivity contribution in [2.45, 2.75) is 39.3 Å². The smallest absolute Gasteiger partial charge is 0.126 e. The molecule has 2 unspecified atom stereocenters. The quantitative estimate of drug-likeness (QED) is 0.717. The van der Waals surface area contributed by atoms with Crippen molar-refractivity contribution in [2.75, 3.05) is 13.2 Å². The standard InChI is InChI=1S/C15H23F2NO2/c1-10(18-8-15(2,3)9-19)14(20)6-11-4-12(16)7-13(17)5-11/h4-5,7,10,14,18-20H,6,8-9H2,1-3H3. The van der Waals surface area contributed by atoms with E-state index in [1.54, 1.807) is 6.92 Å². The molecule has 0 aliphatic heterocycles. The normalized spacial score (nSPS) is 15.2. The summed E-state index contributed by atoms with van der Waals surface area (Å²) in [5.74, 6) is -1.29. The van der Waals surface area contributed by atoms with E-state index in [1.807, 2.05) is 13.8 Å². The van der Waals surface area contributed by atoms with Gasteiger partial charge in [-0.05, 0) is 24.6 Å².